The van der Waals surface area contributed by atoms with E-state index >= 15 is 0 Å². The van der Waals surface area contributed by atoms with Crippen LogP contribution in [0.3, 0.4) is 0 Å². The van der Waals surface area contributed by atoms with Gasteiger partial charge in [-0.25, -0.2) is 4.98 Å². The Morgan fingerprint density at radius 3 is 2.70 bits per heavy atom. The number of hydrogen-bond acceptors (Lipinski definition) is 4. The van der Waals surface area contributed by atoms with Gasteiger partial charge >= 0.3 is 6.18 Å². The number of ether oxygens (including phenoxy) is 1. The van der Waals surface area contributed by atoms with E-state index in [2.05, 4.69) is 15.4 Å². The van der Waals surface area contributed by atoms with Gasteiger partial charge in [0.05, 0.1) is 26.3 Å². The SMILES string of the molecule is CCNc1ncc2cnn(CCC(F)(F)F)c2c1OC. The van der Waals surface area contributed by atoms with E-state index in [-0.39, 0.29) is 6.54 Å². The fourth-order valence-corrected chi connectivity index (χ4v) is 1.94. The van der Waals surface area contributed by atoms with E-state index in [4.69, 9.17) is 4.74 Å². The number of fused-ring (bicyclic) bond motifs is 1. The Morgan fingerprint density at radius 2 is 2.10 bits per heavy atom. The van der Waals surface area contributed by atoms with E-state index in [1.165, 1.54) is 18.0 Å². The predicted octanol–water partition coefficient (Wildman–Crippen LogP) is 2.82. The Bertz CT molecular complexity index is 594. The molecular weight excluding hydrogens is 273 g/mol. The van der Waals surface area contributed by atoms with Gasteiger partial charge in [0.2, 0.25) is 0 Å². The quantitative estimate of drug-likeness (QED) is 0.919. The van der Waals surface area contributed by atoms with Crippen LogP contribution in [0.15, 0.2) is 12.4 Å². The molecule has 0 saturated carbocycles. The summed E-state index contributed by atoms with van der Waals surface area (Å²) in [4.78, 5) is 4.18. The first-order chi connectivity index (χ1) is 9.46. The number of methoxy groups -OCH3 is 1. The third-order valence-corrected chi connectivity index (χ3v) is 2.79. The maximum Gasteiger partial charge on any atom is 0.390 e. The molecule has 0 saturated heterocycles. The molecular formula is C12H15F3N4O. The van der Waals surface area contributed by atoms with Crippen molar-refractivity contribution in [3.63, 3.8) is 0 Å². The van der Waals surface area contributed by atoms with Crippen LogP contribution in [0.4, 0.5) is 19.0 Å². The third kappa shape index (κ3) is 2.94. The standard InChI is InChI=1S/C12H15F3N4O/c1-3-16-11-10(20-2)9-8(6-17-11)7-18-19(9)5-4-12(13,14)15/h6-7H,3-5H2,1-2H3,(H,16,17). The molecule has 20 heavy (non-hydrogen) atoms. The Hall–Kier alpha value is -1.99. The minimum atomic E-state index is -4.22. The number of pyridine rings is 1. The van der Waals surface area contributed by atoms with Gasteiger partial charge in [-0.05, 0) is 6.92 Å². The lowest BCUT2D eigenvalue weighted by Gasteiger charge is -2.12. The molecule has 0 fully saturated rings. The van der Waals surface area contributed by atoms with Crippen molar-refractivity contribution in [2.45, 2.75) is 26.1 Å². The molecule has 2 aromatic heterocycles. The molecule has 0 aliphatic rings. The second-order valence-electron chi connectivity index (χ2n) is 4.21. The number of aromatic nitrogens is 3. The van der Waals surface area contributed by atoms with E-state index in [9.17, 15) is 13.2 Å². The maximum atomic E-state index is 12.3. The Kier molecular flexibility index (Phi) is 4.01. The highest BCUT2D eigenvalue weighted by atomic mass is 19.4. The summed E-state index contributed by atoms with van der Waals surface area (Å²) < 4.78 is 43.6. The molecule has 0 atom stereocenters. The summed E-state index contributed by atoms with van der Waals surface area (Å²) >= 11 is 0. The largest absolute Gasteiger partial charge is 0.491 e. The Labute approximate surface area is 113 Å². The predicted molar refractivity (Wildman–Crippen MR) is 68.9 cm³/mol. The van der Waals surface area contributed by atoms with Crippen molar-refractivity contribution < 1.29 is 17.9 Å². The topological polar surface area (TPSA) is 52.0 Å². The van der Waals surface area contributed by atoms with Crippen LogP contribution in [0, 0.1) is 0 Å². The average Bonchev–Trinajstić information content (AvgIpc) is 2.79. The van der Waals surface area contributed by atoms with Crippen LogP contribution in [-0.4, -0.2) is 34.6 Å². The summed E-state index contributed by atoms with van der Waals surface area (Å²) in [6, 6.07) is 0. The van der Waals surface area contributed by atoms with Crippen molar-refractivity contribution in [3.8, 4) is 5.75 Å². The van der Waals surface area contributed by atoms with Crippen molar-refractivity contribution in [2.24, 2.45) is 0 Å². The number of aryl methyl sites for hydroxylation is 1. The second-order valence-corrected chi connectivity index (χ2v) is 4.21. The zero-order valence-electron chi connectivity index (χ0n) is 11.2. The lowest BCUT2D eigenvalue weighted by Crippen LogP contribution is -2.13. The summed E-state index contributed by atoms with van der Waals surface area (Å²) in [5.74, 6) is 0.903. The Morgan fingerprint density at radius 1 is 1.35 bits per heavy atom. The summed E-state index contributed by atoms with van der Waals surface area (Å²) in [7, 11) is 1.46. The Balaban J connectivity index is 2.43. The molecule has 5 nitrogen and oxygen atoms in total. The summed E-state index contributed by atoms with van der Waals surface area (Å²) in [6.45, 7) is 2.27. The molecule has 0 spiro atoms. The fourth-order valence-electron chi connectivity index (χ4n) is 1.94. The van der Waals surface area contributed by atoms with Crippen LogP contribution >= 0.6 is 0 Å². The van der Waals surface area contributed by atoms with Gasteiger partial charge in [-0.1, -0.05) is 0 Å². The van der Waals surface area contributed by atoms with Crippen molar-refractivity contribution in [1.29, 1.82) is 0 Å². The number of halogens is 3. The highest BCUT2D eigenvalue weighted by molar-refractivity contribution is 5.88. The van der Waals surface area contributed by atoms with E-state index < -0.39 is 12.6 Å². The van der Waals surface area contributed by atoms with Crippen LogP contribution in [0.1, 0.15) is 13.3 Å². The zero-order valence-corrected chi connectivity index (χ0v) is 11.2. The average molecular weight is 288 g/mol. The monoisotopic (exact) mass is 288 g/mol. The van der Waals surface area contributed by atoms with Gasteiger partial charge in [-0.15, -0.1) is 0 Å². The third-order valence-electron chi connectivity index (χ3n) is 2.79. The number of rotatable bonds is 5. The van der Waals surface area contributed by atoms with Crippen LogP contribution in [0.5, 0.6) is 5.75 Å². The molecule has 2 rings (SSSR count). The highest BCUT2D eigenvalue weighted by Crippen LogP contribution is 2.32. The first kappa shape index (κ1) is 14.4. The van der Waals surface area contributed by atoms with Crippen LogP contribution in [0.25, 0.3) is 10.9 Å². The van der Waals surface area contributed by atoms with E-state index in [1.807, 2.05) is 6.92 Å². The first-order valence-corrected chi connectivity index (χ1v) is 6.15. The molecule has 2 aromatic rings. The van der Waals surface area contributed by atoms with Gasteiger partial charge in [-0.2, -0.15) is 18.3 Å². The van der Waals surface area contributed by atoms with Crippen molar-refractivity contribution in [2.75, 3.05) is 19.0 Å². The molecule has 0 radical (unpaired) electrons. The number of hydrogen-bond donors (Lipinski definition) is 1. The molecule has 2 heterocycles. The number of nitrogens with zero attached hydrogens (tertiary/aromatic N) is 3. The van der Waals surface area contributed by atoms with Gasteiger partial charge in [0.25, 0.3) is 0 Å². The number of nitrogens with one attached hydrogen (secondary N) is 1. The lowest BCUT2D eigenvalue weighted by molar-refractivity contribution is -0.137. The maximum absolute atomic E-state index is 12.3. The summed E-state index contributed by atoms with van der Waals surface area (Å²) in [5, 5.41) is 7.63. The van der Waals surface area contributed by atoms with Gasteiger partial charge in [-0.3, -0.25) is 4.68 Å². The molecule has 110 valence electrons. The van der Waals surface area contributed by atoms with E-state index in [1.54, 1.807) is 6.20 Å². The van der Waals surface area contributed by atoms with Crippen LogP contribution < -0.4 is 10.1 Å². The van der Waals surface area contributed by atoms with Gasteiger partial charge in [0.1, 0.15) is 5.52 Å². The summed E-state index contributed by atoms with van der Waals surface area (Å²) in [5.41, 5.74) is 0.516. The molecule has 0 aromatic carbocycles. The number of anilines is 1. The van der Waals surface area contributed by atoms with E-state index in [0.29, 0.717) is 29.0 Å². The zero-order chi connectivity index (χ0) is 14.8. The lowest BCUT2D eigenvalue weighted by atomic mass is 10.3. The van der Waals surface area contributed by atoms with Gasteiger partial charge < -0.3 is 10.1 Å². The molecule has 0 amide bonds. The molecule has 0 unspecified atom stereocenters. The minimum absolute atomic E-state index is 0.251. The minimum Gasteiger partial charge on any atom is -0.491 e. The normalized spacial score (nSPS) is 11.8. The molecule has 8 heteroatoms. The molecule has 0 aliphatic carbocycles. The first-order valence-electron chi connectivity index (χ1n) is 6.15. The van der Waals surface area contributed by atoms with Crippen molar-refractivity contribution >= 4 is 16.7 Å². The van der Waals surface area contributed by atoms with Gasteiger partial charge in [0.15, 0.2) is 11.6 Å². The molecule has 1 N–H and O–H groups in total. The highest BCUT2D eigenvalue weighted by Gasteiger charge is 2.27. The van der Waals surface area contributed by atoms with Crippen LogP contribution in [-0.2, 0) is 6.54 Å². The van der Waals surface area contributed by atoms with Crippen molar-refractivity contribution in [1.82, 2.24) is 14.8 Å². The van der Waals surface area contributed by atoms with Crippen molar-refractivity contribution in [3.05, 3.63) is 12.4 Å². The van der Waals surface area contributed by atoms with Crippen LogP contribution in [0.2, 0.25) is 0 Å². The van der Waals surface area contributed by atoms with Gasteiger partial charge in [0, 0.05) is 18.1 Å². The molecule has 0 bridgehead atoms. The smallest absolute Gasteiger partial charge is 0.390 e. The van der Waals surface area contributed by atoms with E-state index in [0.717, 1.165) is 0 Å². The summed E-state index contributed by atoms with van der Waals surface area (Å²) in [6.07, 6.45) is -2.11. The molecule has 0 aliphatic heterocycles. The second kappa shape index (κ2) is 5.56. The fraction of sp³-hybridized carbons (Fsp3) is 0.500. The number of alkyl halides is 3.